The molecule has 0 spiro atoms. The molecule has 0 saturated heterocycles. The minimum atomic E-state index is -0.176. The Morgan fingerprint density at radius 2 is 1.50 bits per heavy atom. The molecular formula is C26H30N2O2. The van der Waals surface area contributed by atoms with Crippen molar-refractivity contribution in [1.82, 2.24) is 9.88 Å². The van der Waals surface area contributed by atoms with Gasteiger partial charge in [-0.3, -0.25) is 0 Å². The first-order valence-corrected chi connectivity index (χ1v) is 10.4. The van der Waals surface area contributed by atoms with E-state index in [1.807, 2.05) is 18.2 Å². The number of hydrogen-bond donors (Lipinski definition) is 1. The number of rotatable bonds is 7. The summed E-state index contributed by atoms with van der Waals surface area (Å²) < 4.78 is 13.2. The molecule has 1 N–H and O–H groups in total. The lowest BCUT2D eigenvalue weighted by Crippen LogP contribution is -2.35. The summed E-state index contributed by atoms with van der Waals surface area (Å²) in [6.45, 7) is 8.31. The van der Waals surface area contributed by atoms with Gasteiger partial charge in [-0.2, -0.15) is 0 Å². The Balaban J connectivity index is 1.67. The molecule has 156 valence electrons. The summed E-state index contributed by atoms with van der Waals surface area (Å²) in [5.74, 6) is 1.77. The number of methoxy groups -OCH3 is 2. The summed E-state index contributed by atoms with van der Waals surface area (Å²) in [5, 5.41) is 6.22. The van der Waals surface area contributed by atoms with Crippen molar-refractivity contribution >= 4 is 21.8 Å². The van der Waals surface area contributed by atoms with Gasteiger partial charge in [0, 0.05) is 40.4 Å². The fourth-order valence-electron chi connectivity index (χ4n) is 4.14. The van der Waals surface area contributed by atoms with Crippen molar-refractivity contribution in [3.05, 3.63) is 71.8 Å². The zero-order valence-electron chi connectivity index (χ0n) is 18.5. The van der Waals surface area contributed by atoms with Gasteiger partial charge in [0.2, 0.25) is 0 Å². The van der Waals surface area contributed by atoms with Crippen LogP contribution in [0.5, 0.6) is 11.5 Å². The van der Waals surface area contributed by atoms with Crippen molar-refractivity contribution in [2.45, 2.75) is 39.4 Å². The maximum absolute atomic E-state index is 5.47. The molecule has 0 aliphatic heterocycles. The second-order valence-electron chi connectivity index (χ2n) is 8.19. The Kier molecular flexibility index (Phi) is 5.44. The number of fused-ring (bicyclic) bond motifs is 3. The molecule has 30 heavy (non-hydrogen) atoms. The van der Waals surface area contributed by atoms with Crippen LogP contribution < -0.4 is 14.8 Å². The van der Waals surface area contributed by atoms with Crippen LogP contribution in [0.1, 0.15) is 31.9 Å². The van der Waals surface area contributed by atoms with E-state index in [1.54, 1.807) is 14.2 Å². The molecule has 0 bridgehead atoms. The number of aromatic nitrogens is 1. The van der Waals surface area contributed by atoms with Crippen LogP contribution in [0.25, 0.3) is 21.8 Å². The standard InChI is InChI=1S/C26H30N2O2/c1-6-28-24-12-10-18(14-22(24)23-16-21(30-5)11-13-25(23)28)17-27-26(2,3)19-8-7-9-20(15-19)29-4/h7-16,27H,6,17H2,1-5H3. The van der Waals surface area contributed by atoms with Gasteiger partial charge in [0.1, 0.15) is 11.5 Å². The summed E-state index contributed by atoms with van der Waals surface area (Å²) in [4.78, 5) is 0. The van der Waals surface area contributed by atoms with Crippen LogP contribution in [0, 0.1) is 0 Å². The van der Waals surface area contributed by atoms with Crippen molar-refractivity contribution in [3.63, 3.8) is 0 Å². The van der Waals surface area contributed by atoms with Crippen molar-refractivity contribution in [3.8, 4) is 11.5 Å². The monoisotopic (exact) mass is 402 g/mol. The number of ether oxygens (including phenoxy) is 2. The van der Waals surface area contributed by atoms with Gasteiger partial charge in [-0.25, -0.2) is 0 Å². The van der Waals surface area contributed by atoms with Gasteiger partial charge in [0.15, 0.2) is 0 Å². The molecule has 4 heteroatoms. The van der Waals surface area contributed by atoms with E-state index in [-0.39, 0.29) is 5.54 Å². The molecule has 0 aliphatic rings. The number of benzene rings is 3. The van der Waals surface area contributed by atoms with Crippen LogP contribution in [0.15, 0.2) is 60.7 Å². The first-order valence-electron chi connectivity index (χ1n) is 10.4. The molecule has 0 atom stereocenters. The summed E-state index contributed by atoms with van der Waals surface area (Å²) in [6, 6.07) is 21.3. The Morgan fingerprint density at radius 3 is 2.20 bits per heavy atom. The highest BCUT2D eigenvalue weighted by Crippen LogP contribution is 2.33. The largest absolute Gasteiger partial charge is 0.497 e. The van der Waals surface area contributed by atoms with Gasteiger partial charge in [0.05, 0.1) is 14.2 Å². The molecule has 0 saturated carbocycles. The highest BCUT2D eigenvalue weighted by atomic mass is 16.5. The van der Waals surface area contributed by atoms with Gasteiger partial charge in [0.25, 0.3) is 0 Å². The fraction of sp³-hybridized carbons (Fsp3) is 0.308. The molecule has 3 aromatic carbocycles. The molecule has 0 amide bonds. The second-order valence-corrected chi connectivity index (χ2v) is 8.19. The lowest BCUT2D eigenvalue weighted by atomic mass is 9.93. The number of hydrogen-bond acceptors (Lipinski definition) is 3. The van der Waals surface area contributed by atoms with Crippen LogP contribution in [0.2, 0.25) is 0 Å². The van der Waals surface area contributed by atoms with Crippen LogP contribution in [0.4, 0.5) is 0 Å². The number of aryl methyl sites for hydroxylation is 1. The minimum absolute atomic E-state index is 0.176. The molecule has 0 fully saturated rings. The lowest BCUT2D eigenvalue weighted by molar-refractivity contribution is 0.390. The molecule has 0 radical (unpaired) electrons. The van der Waals surface area contributed by atoms with Crippen LogP contribution >= 0.6 is 0 Å². The molecule has 4 nitrogen and oxygen atoms in total. The number of nitrogens with one attached hydrogen (secondary N) is 1. The highest BCUT2D eigenvalue weighted by molar-refractivity contribution is 6.08. The van der Waals surface area contributed by atoms with Gasteiger partial charge < -0.3 is 19.4 Å². The maximum Gasteiger partial charge on any atom is 0.119 e. The minimum Gasteiger partial charge on any atom is -0.497 e. The summed E-state index contributed by atoms with van der Waals surface area (Å²) in [5.41, 5.74) is 4.79. The third-order valence-corrected chi connectivity index (χ3v) is 5.98. The van der Waals surface area contributed by atoms with Crippen molar-refractivity contribution in [2.75, 3.05) is 14.2 Å². The van der Waals surface area contributed by atoms with E-state index in [0.29, 0.717) is 0 Å². The first-order chi connectivity index (χ1) is 14.5. The zero-order valence-corrected chi connectivity index (χ0v) is 18.5. The maximum atomic E-state index is 5.47. The van der Waals surface area contributed by atoms with Gasteiger partial charge in [-0.15, -0.1) is 0 Å². The highest BCUT2D eigenvalue weighted by Gasteiger charge is 2.20. The smallest absolute Gasteiger partial charge is 0.119 e. The normalized spacial score (nSPS) is 11.9. The Labute approximate surface area is 178 Å². The Hall–Kier alpha value is -2.98. The third-order valence-electron chi connectivity index (χ3n) is 5.98. The topological polar surface area (TPSA) is 35.4 Å². The van der Waals surface area contributed by atoms with E-state index < -0.39 is 0 Å². The lowest BCUT2D eigenvalue weighted by Gasteiger charge is -2.27. The van der Waals surface area contributed by atoms with Crippen molar-refractivity contribution in [1.29, 1.82) is 0 Å². The van der Waals surface area contributed by atoms with E-state index in [1.165, 1.54) is 32.9 Å². The predicted molar refractivity (Wildman–Crippen MR) is 125 cm³/mol. The number of nitrogens with zero attached hydrogens (tertiary/aromatic N) is 1. The van der Waals surface area contributed by atoms with Gasteiger partial charge >= 0.3 is 0 Å². The molecular weight excluding hydrogens is 372 g/mol. The van der Waals surface area contributed by atoms with E-state index in [9.17, 15) is 0 Å². The molecule has 0 unspecified atom stereocenters. The average molecular weight is 403 g/mol. The van der Waals surface area contributed by atoms with E-state index in [2.05, 4.69) is 73.1 Å². The molecule has 1 heterocycles. The predicted octanol–water partition coefficient (Wildman–Crippen LogP) is 5.86. The zero-order chi connectivity index (χ0) is 21.3. The van der Waals surface area contributed by atoms with Crippen molar-refractivity contribution < 1.29 is 9.47 Å². The van der Waals surface area contributed by atoms with Gasteiger partial charge in [-0.1, -0.05) is 18.2 Å². The van der Waals surface area contributed by atoms with Crippen molar-refractivity contribution in [2.24, 2.45) is 0 Å². The summed E-state index contributed by atoms with van der Waals surface area (Å²) in [7, 11) is 3.42. The van der Waals surface area contributed by atoms with E-state index in [0.717, 1.165) is 24.6 Å². The molecule has 0 aliphatic carbocycles. The Morgan fingerprint density at radius 1 is 0.833 bits per heavy atom. The van der Waals surface area contributed by atoms with Gasteiger partial charge in [-0.05, 0) is 74.4 Å². The van der Waals surface area contributed by atoms with Crippen LogP contribution in [-0.4, -0.2) is 18.8 Å². The first kappa shape index (κ1) is 20.3. The SMILES string of the molecule is CCn1c2ccc(CNC(C)(C)c3cccc(OC)c3)cc2c2cc(OC)ccc21. The van der Waals surface area contributed by atoms with Crippen LogP contribution in [-0.2, 0) is 18.6 Å². The quantitative estimate of drug-likeness (QED) is 0.421. The summed E-state index contributed by atoms with van der Waals surface area (Å²) in [6.07, 6.45) is 0. The fourth-order valence-corrected chi connectivity index (χ4v) is 4.14. The third kappa shape index (κ3) is 3.63. The average Bonchev–Trinajstić information content (AvgIpc) is 3.09. The summed E-state index contributed by atoms with van der Waals surface area (Å²) >= 11 is 0. The molecule has 4 aromatic rings. The second kappa shape index (κ2) is 8.04. The van der Waals surface area contributed by atoms with Crippen LogP contribution in [0.3, 0.4) is 0 Å². The van der Waals surface area contributed by atoms with E-state index >= 15 is 0 Å². The van der Waals surface area contributed by atoms with E-state index in [4.69, 9.17) is 9.47 Å². The Bertz CT molecular complexity index is 1190. The molecule has 4 rings (SSSR count). The molecule has 1 aromatic heterocycles.